The summed E-state index contributed by atoms with van der Waals surface area (Å²) >= 11 is 0. The van der Waals surface area contributed by atoms with Crippen LogP contribution in [0.15, 0.2) is 89.8 Å². The van der Waals surface area contributed by atoms with Gasteiger partial charge in [-0.25, -0.2) is 13.2 Å². The minimum atomic E-state index is -4.01. The Kier molecular flexibility index (Phi) is 13.4. The first-order valence-corrected chi connectivity index (χ1v) is 18.5. The number of benzene rings is 3. The second-order valence-corrected chi connectivity index (χ2v) is 15.0. The number of alkyl carbamates (subject to hydrolysis) is 1. The van der Waals surface area contributed by atoms with Gasteiger partial charge >= 0.3 is 6.09 Å². The first-order chi connectivity index (χ1) is 24.5. The van der Waals surface area contributed by atoms with Crippen molar-refractivity contribution in [3.05, 3.63) is 96.1 Å². The van der Waals surface area contributed by atoms with Crippen LogP contribution in [0, 0.1) is 11.8 Å². The number of aliphatic hydroxyl groups excluding tert-OH is 1. The molecule has 14 heteroatoms. The summed E-state index contributed by atoms with van der Waals surface area (Å²) in [5, 5.41) is 17.2. The summed E-state index contributed by atoms with van der Waals surface area (Å²) in [5.41, 5.74) is 1.78. The number of nitrogens with one attached hydrogen (secondary N) is 2. The molecule has 2 fully saturated rings. The molecule has 13 nitrogen and oxygen atoms in total. The Morgan fingerprint density at radius 3 is 2.16 bits per heavy atom. The molecule has 2 heterocycles. The lowest BCUT2D eigenvalue weighted by molar-refractivity contribution is -0.129. The summed E-state index contributed by atoms with van der Waals surface area (Å²) in [7, 11) is -2.52. The third-order valence-electron chi connectivity index (χ3n) is 8.76. The van der Waals surface area contributed by atoms with Crippen molar-refractivity contribution in [3.8, 4) is 5.75 Å². The highest BCUT2D eigenvalue weighted by Crippen LogP contribution is 2.35. The van der Waals surface area contributed by atoms with Gasteiger partial charge in [0.25, 0.3) is 0 Å². The fourth-order valence-corrected chi connectivity index (χ4v) is 7.77. The van der Waals surface area contributed by atoms with Crippen molar-refractivity contribution < 1.29 is 46.8 Å². The molecule has 3 aromatic carbocycles. The van der Waals surface area contributed by atoms with E-state index in [1.165, 1.54) is 23.5 Å². The Morgan fingerprint density at radius 2 is 1.53 bits per heavy atom. The van der Waals surface area contributed by atoms with E-state index < -0.39 is 52.7 Å². The maximum atomic E-state index is 13.8. The molecule has 0 aromatic heterocycles. The van der Waals surface area contributed by atoms with Gasteiger partial charge < -0.3 is 39.4 Å². The molecule has 0 bridgehead atoms. The number of hydrogen-bond donors (Lipinski definition) is 3. The summed E-state index contributed by atoms with van der Waals surface area (Å²) in [6, 6.07) is 23.9. The molecule has 3 N–H and O–H groups in total. The predicted molar refractivity (Wildman–Crippen MR) is 187 cm³/mol. The van der Waals surface area contributed by atoms with Crippen LogP contribution in [0.4, 0.5) is 4.79 Å². The zero-order chi connectivity index (χ0) is 36.4. The van der Waals surface area contributed by atoms with E-state index >= 15 is 0 Å². The summed E-state index contributed by atoms with van der Waals surface area (Å²) in [5.74, 6) is -0.314. The Labute approximate surface area is 299 Å². The van der Waals surface area contributed by atoms with Gasteiger partial charge in [-0.15, -0.1) is 0 Å². The predicted octanol–water partition coefficient (Wildman–Crippen LogP) is 3.11. The number of amides is 2. The molecule has 0 spiro atoms. The number of carbonyl (C=O) groups excluding carboxylic acids is 2. The van der Waals surface area contributed by atoms with Crippen LogP contribution in [0.2, 0.25) is 0 Å². The Bertz CT molecular complexity index is 1660. The molecule has 2 amide bonds. The number of sulfonamides is 1. The molecule has 0 radical (unpaired) electrons. The molecule has 2 saturated heterocycles. The van der Waals surface area contributed by atoms with Gasteiger partial charge in [-0.05, 0) is 47.7 Å². The van der Waals surface area contributed by atoms with Crippen molar-refractivity contribution in [1.29, 1.82) is 0 Å². The number of nitrogens with zero attached hydrogens (tertiary/aromatic N) is 1. The van der Waals surface area contributed by atoms with E-state index in [9.17, 15) is 23.1 Å². The summed E-state index contributed by atoms with van der Waals surface area (Å²) in [6.07, 6.45) is -3.90. The van der Waals surface area contributed by atoms with Crippen molar-refractivity contribution in [2.24, 2.45) is 11.8 Å². The van der Waals surface area contributed by atoms with E-state index in [-0.39, 0.29) is 56.1 Å². The zero-order valence-corrected chi connectivity index (χ0v) is 29.9. The maximum absolute atomic E-state index is 13.8. The monoisotopic (exact) mass is 725 g/mol. The molecule has 0 unspecified atom stereocenters. The normalized spacial score (nSPS) is 21.2. The Balaban J connectivity index is 1.23. The first kappa shape index (κ1) is 38.2. The highest BCUT2D eigenvalue weighted by molar-refractivity contribution is 7.89. The van der Waals surface area contributed by atoms with E-state index in [1.807, 2.05) is 74.5 Å². The summed E-state index contributed by atoms with van der Waals surface area (Å²) in [4.78, 5) is 26.0. The average Bonchev–Trinajstić information content (AvgIpc) is 3.72. The van der Waals surface area contributed by atoms with Crippen LogP contribution in [-0.2, 0) is 46.7 Å². The van der Waals surface area contributed by atoms with E-state index in [2.05, 4.69) is 10.6 Å². The van der Waals surface area contributed by atoms with Crippen LogP contribution in [0.1, 0.15) is 25.0 Å². The van der Waals surface area contributed by atoms with Crippen molar-refractivity contribution in [2.45, 2.75) is 62.4 Å². The fraction of sp³-hybridized carbons (Fsp3) is 0.459. The smallest absolute Gasteiger partial charge is 0.407 e. The van der Waals surface area contributed by atoms with Gasteiger partial charge in [0.2, 0.25) is 15.9 Å². The lowest BCUT2D eigenvalue weighted by Crippen LogP contribution is -2.52. The molecular weight excluding hydrogens is 678 g/mol. The SMILES string of the molecule is COc1ccc(S(=O)(=O)N(CC(C)C)C[C@@H](O)[C@H](Cc2ccccc2)NC(=O)O[C@H]2CO[C@H]3OC[C@H](OCC(=O)NCc4ccccc4)[C@H]32)cc1. The molecule has 2 aliphatic rings. The molecule has 0 saturated carbocycles. The highest BCUT2D eigenvalue weighted by Gasteiger charge is 2.51. The van der Waals surface area contributed by atoms with Crippen LogP contribution in [0.25, 0.3) is 0 Å². The summed E-state index contributed by atoms with van der Waals surface area (Å²) < 4.78 is 57.1. The molecule has 3 aromatic rings. The second-order valence-electron chi connectivity index (χ2n) is 13.1. The van der Waals surface area contributed by atoms with E-state index in [4.69, 9.17) is 23.7 Å². The van der Waals surface area contributed by atoms with Crippen molar-refractivity contribution in [1.82, 2.24) is 14.9 Å². The number of carbonyl (C=O) groups is 2. The molecule has 0 aliphatic carbocycles. The first-order valence-electron chi connectivity index (χ1n) is 17.0. The highest BCUT2D eigenvalue weighted by atomic mass is 32.2. The topological polar surface area (TPSA) is 162 Å². The van der Waals surface area contributed by atoms with Crippen molar-refractivity contribution >= 4 is 22.0 Å². The standard InChI is InChI=1S/C37H47N3O10S/c1-25(2)20-40(51(44,45)29-16-14-28(46-3)15-17-29)21-31(41)30(18-26-10-6-4-7-11-26)39-37(43)50-33-23-49-36-35(33)32(22-48-36)47-24-34(42)38-19-27-12-8-5-9-13-27/h4-17,25,30-33,35-36,41H,18-24H2,1-3H3,(H,38,42)(H,39,43)/t30-,31+,32-,33-,35-,36+/m0/s1. The van der Waals surface area contributed by atoms with Gasteiger partial charge in [-0.2, -0.15) is 4.31 Å². The minimum absolute atomic E-state index is 0.0511. The molecule has 2 aliphatic heterocycles. The maximum Gasteiger partial charge on any atom is 0.407 e. The van der Waals surface area contributed by atoms with Crippen LogP contribution in [0.3, 0.4) is 0 Å². The molecular formula is C37H47N3O10S. The van der Waals surface area contributed by atoms with E-state index in [0.717, 1.165) is 11.1 Å². The average molecular weight is 726 g/mol. The van der Waals surface area contributed by atoms with Gasteiger partial charge in [0.05, 0.1) is 49.4 Å². The lowest BCUT2D eigenvalue weighted by Gasteiger charge is -2.31. The molecule has 51 heavy (non-hydrogen) atoms. The number of methoxy groups -OCH3 is 1. The summed E-state index contributed by atoms with van der Waals surface area (Å²) in [6.45, 7) is 4.00. The third-order valence-corrected chi connectivity index (χ3v) is 10.6. The Morgan fingerprint density at radius 1 is 0.902 bits per heavy atom. The molecule has 6 atom stereocenters. The minimum Gasteiger partial charge on any atom is -0.497 e. The van der Waals surface area contributed by atoms with Gasteiger partial charge in [0.15, 0.2) is 6.29 Å². The van der Waals surface area contributed by atoms with Crippen LogP contribution in [0.5, 0.6) is 5.75 Å². The molecule has 5 rings (SSSR count). The number of hydrogen-bond acceptors (Lipinski definition) is 10. The third kappa shape index (κ3) is 10.5. The number of fused-ring (bicyclic) bond motifs is 1. The van der Waals surface area contributed by atoms with Gasteiger partial charge in [0, 0.05) is 19.6 Å². The van der Waals surface area contributed by atoms with Crippen molar-refractivity contribution in [2.75, 3.05) is 40.0 Å². The number of rotatable bonds is 17. The van der Waals surface area contributed by atoms with Crippen LogP contribution >= 0.6 is 0 Å². The van der Waals surface area contributed by atoms with Gasteiger partial charge in [-0.1, -0.05) is 74.5 Å². The van der Waals surface area contributed by atoms with E-state index in [1.54, 1.807) is 12.1 Å². The second kappa shape index (κ2) is 17.9. The van der Waals surface area contributed by atoms with Crippen molar-refractivity contribution in [3.63, 3.8) is 0 Å². The largest absolute Gasteiger partial charge is 0.497 e. The van der Waals surface area contributed by atoms with Crippen LogP contribution < -0.4 is 15.4 Å². The fourth-order valence-electron chi connectivity index (χ4n) is 6.15. The lowest BCUT2D eigenvalue weighted by atomic mass is 10.00. The quantitative estimate of drug-likeness (QED) is 0.189. The van der Waals surface area contributed by atoms with Crippen LogP contribution in [-0.4, -0.2) is 100 Å². The van der Waals surface area contributed by atoms with E-state index in [0.29, 0.717) is 12.3 Å². The van der Waals surface area contributed by atoms with Gasteiger partial charge in [0.1, 0.15) is 18.5 Å². The number of ether oxygens (including phenoxy) is 5. The molecule has 276 valence electrons. The van der Waals surface area contributed by atoms with Gasteiger partial charge in [-0.3, -0.25) is 4.79 Å². The number of aliphatic hydroxyl groups is 1. The Hall–Kier alpha value is -4.05. The zero-order valence-electron chi connectivity index (χ0n) is 29.1.